The summed E-state index contributed by atoms with van der Waals surface area (Å²) in [6.45, 7) is 5.96. The molecule has 0 spiro atoms. The normalized spacial score (nSPS) is 10.5. The van der Waals surface area contributed by atoms with Gasteiger partial charge in [-0.3, -0.25) is 19.7 Å². The number of hydrogen-bond acceptors (Lipinski definition) is 6. The van der Waals surface area contributed by atoms with E-state index >= 15 is 0 Å². The van der Waals surface area contributed by atoms with Crippen LogP contribution >= 0.6 is 0 Å². The van der Waals surface area contributed by atoms with Crippen molar-refractivity contribution in [3.8, 4) is 0 Å². The SMILES string of the molecule is Cc1cc(COC(=O)CCCC(=O)OCC(C)C)ccc1[N+](=O)[O-]. The molecule has 0 fully saturated rings. The first-order valence-electron chi connectivity index (χ1n) is 7.84. The lowest BCUT2D eigenvalue weighted by atomic mass is 10.1. The lowest BCUT2D eigenvalue weighted by Gasteiger charge is -2.07. The number of esters is 2. The zero-order valence-corrected chi connectivity index (χ0v) is 14.2. The maximum absolute atomic E-state index is 11.6. The van der Waals surface area contributed by atoms with Crippen molar-refractivity contribution in [1.82, 2.24) is 0 Å². The van der Waals surface area contributed by atoms with E-state index in [2.05, 4.69) is 0 Å². The molecule has 132 valence electrons. The average molecular weight is 337 g/mol. The monoisotopic (exact) mass is 337 g/mol. The molecule has 0 amide bonds. The maximum atomic E-state index is 11.6. The number of nitrogens with zero attached hydrogens (tertiary/aromatic N) is 1. The van der Waals surface area contributed by atoms with Crippen molar-refractivity contribution < 1.29 is 24.0 Å². The van der Waals surface area contributed by atoms with E-state index < -0.39 is 10.9 Å². The van der Waals surface area contributed by atoms with Crippen molar-refractivity contribution in [2.75, 3.05) is 6.61 Å². The van der Waals surface area contributed by atoms with Gasteiger partial charge in [0.2, 0.25) is 0 Å². The number of carbonyl (C=O) groups excluding carboxylic acids is 2. The minimum atomic E-state index is -0.455. The summed E-state index contributed by atoms with van der Waals surface area (Å²) >= 11 is 0. The molecular weight excluding hydrogens is 314 g/mol. The van der Waals surface area contributed by atoms with Gasteiger partial charge >= 0.3 is 11.9 Å². The Hall–Kier alpha value is -2.44. The molecule has 0 aliphatic carbocycles. The largest absolute Gasteiger partial charge is 0.465 e. The van der Waals surface area contributed by atoms with E-state index in [1.54, 1.807) is 19.1 Å². The Morgan fingerprint density at radius 1 is 1.17 bits per heavy atom. The summed E-state index contributed by atoms with van der Waals surface area (Å²) in [4.78, 5) is 33.3. The molecule has 0 saturated carbocycles. The second kappa shape index (κ2) is 9.64. The quantitative estimate of drug-likeness (QED) is 0.390. The van der Waals surface area contributed by atoms with Crippen molar-refractivity contribution in [3.05, 3.63) is 39.4 Å². The van der Waals surface area contributed by atoms with Gasteiger partial charge in [0.15, 0.2) is 0 Å². The second-order valence-electron chi connectivity index (χ2n) is 5.97. The van der Waals surface area contributed by atoms with Gasteiger partial charge in [0.25, 0.3) is 5.69 Å². The highest BCUT2D eigenvalue weighted by Gasteiger charge is 2.12. The Labute approximate surface area is 141 Å². The molecule has 0 saturated heterocycles. The van der Waals surface area contributed by atoms with Gasteiger partial charge in [-0.15, -0.1) is 0 Å². The zero-order chi connectivity index (χ0) is 18.1. The Kier molecular flexibility index (Phi) is 7.88. The fourth-order valence-electron chi connectivity index (χ4n) is 1.96. The summed E-state index contributed by atoms with van der Waals surface area (Å²) in [6.07, 6.45) is 0.677. The minimum Gasteiger partial charge on any atom is -0.465 e. The fourth-order valence-corrected chi connectivity index (χ4v) is 1.96. The Bertz CT molecular complexity index is 597. The number of rotatable bonds is 9. The molecule has 24 heavy (non-hydrogen) atoms. The van der Waals surface area contributed by atoms with Crippen molar-refractivity contribution in [2.45, 2.75) is 46.6 Å². The van der Waals surface area contributed by atoms with Crippen LogP contribution in [0.5, 0.6) is 0 Å². The Balaban J connectivity index is 2.30. The molecule has 0 bridgehead atoms. The molecule has 0 radical (unpaired) electrons. The molecule has 7 nitrogen and oxygen atoms in total. The smallest absolute Gasteiger partial charge is 0.306 e. The summed E-state index contributed by atoms with van der Waals surface area (Å²) in [5, 5.41) is 10.7. The molecule has 0 aliphatic heterocycles. The van der Waals surface area contributed by atoms with Crippen molar-refractivity contribution >= 4 is 17.6 Å². The van der Waals surface area contributed by atoms with Crippen LogP contribution in [0, 0.1) is 23.0 Å². The average Bonchev–Trinajstić information content (AvgIpc) is 2.50. The highest BCUT2D eigenvalue weighted by Crippen LogP contribution is 2.19. The lowest BCUT2D eigenvalue weighted by molar-refractivity contribution is -0.385. The third kappa shape index (κ3) is 7.21. The topological polar surface area (TPSA) is 95.7 Å². The highest BCUT2D eigenvalue weighted by molar-refractivity contribution is 5.72. The Morgan fingerprint density at radius 3 is 2.33 bits per heavy atom. The predicted molar refractivity (Wildman–Crippen MR) is 87.3 cm³/mol. The van der Waals surface area contributed by atoms with E-state index in [0.29, 0.717) is 24.2 Å². The van der Waals surface area contributed by atoms with Crippen LogP contribution in [0.1, 0.15) is 44.2 Å². The van der Waals surface area contributed by atoms with Crippen LogP contribution in [0.15, 0.2) is 18.2 Å². The summed E-state index contributed by atoms with van der Waals surface area (Å²) < 4.78 is 10.1. The van der Waals surface area contributed by atoms with E-state index in [9.17, 15) is 19.7 Å². The zero-order valence-electron chi connectivity index (χ0n) is 14.2. The number of nitro groups is 1. The molecule has 0 aliphatic rings. The van der Waals surface area contributed by atoms with Crippen LogP contribution in [0.4, 0.5) is 5.69 Å². The summed E-state index contributed by atoms with van der Waals surface area (Å²) in [5.74, 6) is -0.450. The van der Waals surface area contributed by atoms with Gasteiger partial charge in [-0.1, -0.05) is 13.8 Å². The predicted octanol–water partition coefficient (Wildman–Crippen LogP) is 3.32. The summed E-state index contributed by atoms with van der Waals surface area (Å²) in [5.41, 5.74) is 1.23. The van der Waals surface area contributed by atoms with Gasteiger partial charge in [0.05, 0.1) is 11.5 Å². The molecule has 1 aromatic carbocycles. The van der Waals surface area contributed by atoms with Gasteiger partial charge in [0, 0.05) is 24.5 Å². The van der Waals surface area contributed by atoms with Crippen LogP contribution < -0.4 is 0 Å². The first-order valence-corrected chi connectivity index (χ1v) is 7.84. The van der Waals surface area contributed by atoms with Gasteiger partial charge in [-0.2, -0.15) is 0 Å². The van der Waals surface area contributed by atoms with E-state index in [1.807, 2.05) is 13.8 Å². The number of nitro benzene ring substituents is 1. The first kappa shape index (κ1) is 19.6. The van der Waals surface area contributed by atoms with Gasteiger partial charge in [-0.25, -0.2) is 0 Å². The van der Waals surface area contributed by atoms with Crippen LogP contribution in [0.3, 0.4) is 0 Å². The van der Waals surface area contributed by atoms with Crippen LogP contribution in [-0.2, 0) is 25.7 Å². The summed E-state index contributed by atoms with van der Waals surface area (Å²) in [6, 6.07) is 4.57. The van der Waals surface area contributed by atoms with E-state index in [0.717, 1.165) is 0 Å². The van der Waals surface area contributed by atoms with E-state index in [4.69, 9.17) is 9.47 Å². The number of carbonyl (C=O) groups is 2. The first-order chi connectivity index (χ1) is 11.3. The molecule has 1 aromatic rings. The second-order valence-corrected chi connectivity index (χ2v) is 5.97. The molecule has 1 rings (SSSR count). The standard InChI is InChI=1S/C17H23NO6/c1-12(2)10-23-16(19)5-4-6-17(20)24-11-14-7-8-15(18(21)22)13(3)9-14/h7-9,12H,4-6,10-11H2,1-3H3. The minimum absolute atomic E-state index is 0.0324. The van der Waals surface area contributed by atoms with Crippen molar-refractivity contribution in [2.24, 2.45) is 5.92 Å². The molecule has 0 unspecified atom stereocenters. The third-order valence-corrected chi connectivity index (χ3v) is 3.20. The van der Waals surface area contributed by atoms with E-state index in [-0.39, 0.29) is 37.0 Å². The fraction of sp³-hybridized carbons (Fsp3) is 0.529. The molecule has 0 N–H and O–H groups in total. The molecule has 0 aromatic heterocycles. The maximum Gasteiger partial charge on any atom is 0.306 e. The third-order valence-electron chi connectivity index (χ3n) is 3.20. The van der Waals surface area contributed by atoms with Gasteiger partial charge < -0.3 is 9.47 Å². The van der Waals surface area contributed by atoms with E-state index in [1.165, 1.54) is 6.07 Å². The van der Waals surface area contributed by atoms with Gasteiger partial charge in [0.1, 0.15) is 6.61 Å². The van der Waals surface area contributed by atoms with Crippen molar-refractivity contribution in [1.29, 1.82) is 0 Å². The lowest BCUT2D eigenvalue weighted by Crippen LogP contribution is -2.11. The Morgan fingerprint density at radius 2 is 1.79 bits per heavy atom. The summed E-state index contributed by atoms with van der Waals surface area (Å²) in [7, 11) is 0. The number of benzene rings is 1. The molecule has 0 atom stereocenters. The highest BCUT2D eigenvalue weighted by atomic mass is 16.6. The molecular formula is C17H23NO6. The van der Waals surface area contributed by atoms with Crippen LogP contribution in [0.25, 0.3) is 0 Å². The molecule has 7 heteroatoms. The molecule has 0 heterocycles. The van der Waals surface area contributed by atoms with Crippen LogP contribution in [-0.4, -0.2) is 23.5 Å². The van der Waals surface area contributed by atoms with Crippen molar-refractivity contribution in [3.63, 3.8) is 0 Å². The number of aryl methyl sites for hydroxylation is 1. The number of ether oxygens (including phenoxy) is 2. The number of hydrogen-bond donors (Lipinski definition) is 0. The van der Waals surface area contributed by atoms with Crippen LogP contribution in [0.2, 0.25) is 0 Å². The van der Waals surface area contributed by atoms with Gasteiger partial charge in [-0.05, 0) is 37.0 Å².